The van der Waals surface area contributed by atoms with Crippen molar-refractivity contribution < 1.29 is 5.11 Å². The Morgan fingerprint density at radius 2 is 1.90 bits per heavy atom. The molecular formula is C17H24BrNO. The molecule has 2 unspecified atom stereocenters. The van der Waals surface area contributed by atoms with Crippen molar-refractivity contribution in [2.45, 2.75) is 58.2 Å². The standard InChI is InChI=1S/C17H24BrNO/c1-11(2)19-13(4)9-17(20,10-14(19)5)16-7-6-15(18)8-12(16)3/h6-8,13-14,20H,1,9-10H2,2-5H3. The number of hydrogen-bond acceptors (Lipinski definition) is 2. The highest BCUT2D eigenvalue weighted by Gasteiger charge is 2.41. The quantitative estimate of drug-likeness (QED) is 0.866. The molecule has 0 radical (unpaired) electrons. The predicted molar refractivity (Wildman–Crippen MR) is 87.6 cm³/mol. The number of aryl methyl sites for hydroxylation is 1. The van der Waals surface area contributed by atoms with Gasteiger partial charge in [-0.15, -0.1) is 0 Å². The monoisotopic (exact) mass is 337 g/mol. The van der Waals surface area contributed by atoms with Crippen LogP contribution in [-0.2, 0) is 5.60 Å². The summed E-state index contributed by atoms with van der Waals surface area (Å²) in [7, 11) is 0. The van der Waals surface area contributed by atoms with Crippen molar-refractivity contribution in [1.29, 1.82) is 0 Å². The van der Waals surface area contributed by atoms with Crippen LogP contribution in [0.4, 0.5) is 0 Å². The molecule has 1 aromatic rings. The fourth-order valence-electron chi connectivity index (χ4n) is 3.81. The average Bonchev–Trinajstić information content (AvgIpc) is 2.25. The van der Waals surface area contributed by atoms with E-state index in [-0.39, 0.29) is 0 Å². The molecule has 2 nitrogen and oxygen atoms in total. The third-order valence-electron chi connectivity index (χ3n) is 4.35. The maximum Gasteiger partial charge on any atom is 0.0938 e. The molecule has 2 rings (SSSR count). The van der Waals surface area contributed by atoms with Crippen LogP contribution in [0.5, 0.6) is 0 Å². The lowest BCUT2D eigenvalue weighted by atomic mass is 9.76. The van der Waals surface area contributed by atoms with Crippen LogP contribution in [0.3, 0.4) is 0 Å². The lowest BCUT2D eigenvalue weighted by Crippen LogP contribution is -2.51. The molecule has 1 N–H and O–H groups in total. The fraction of sp³-hybridized carbons (Fsp3) is 0.529. The highest BCUT2D eigenvalue weighted by atomic mass is 79.9. The molecule has 1 fully saturated rings. The number of aliphatic hydroxyl groups is 1. The van der Waals surface area contributed by atoms with E-state index in [1.165, 1.54) is 0 Å². The van der Waals surface area contributed by atoms with Crippen LogP contribution in [0.2, 0.25) is 0 Å². The van der Waals surface area contributed by atoms with Gasteiger partial charge in [0.05, 0.1) is 5.60 Å². The van der Waals surface area contributed by atoms with Crippen molar-refractivity contribution in [1.82, 2.24) is 4.90 Å². The van der Waals surface area contributed by atoms with Crippen molar-refractivity contribution in [2.24, 2.45) is 0 Å². The van der Waals surface area contributed by atoms with Gasteiger partial charge >= 0.3 is 0 Å². The SMILES string of the molecule is C=C(C)N1C(C)CC(O)(c2ccc(Br)cc2C)CC1C. The topological polar surface area (TPSA) is 23.5 Å². The summed E-state index contributed by atoms with van der Waals surface area (Å²) >= 11 is 3.49. The highest BCUT2D eigenvalue weighted by Crippen LogP contribution is 2.41. The number of halogens is 1. The van der Waals surface area contributed by atoms with Gasteiger partial charge in [-0.3, -0.25) is 0 Å². The first-order valence-corrected chi connectivity index (χ1v) is 7.97. The van der Waals surface area contributed by atoms with E-state index in [0.717, 1.165) is 34.1 Å². The van der Waals surface area contributed by atoms with Gasteiger partial charge in [0.2, 0.25) is 0 Å². The normalized spacial score (nSPS) is 30.4. The zero-order chi connectivity index (χ0) is 15.1. The first kappa shape index (κ1) is 15.6. The lowest BCUT2D eigenvalue weighted by Gasteiger charge is -2.49. The number of piperidine rings is 1. The summed E-state index contributed by atoms with van der Waals surface area (Å²) in [6, 6.07) is 6.73. The highest BCUT2D eigenvalue weighted by molar-refractivity contribution is 9.10. The summed E-state index contributed by atoms with van der Waals surface area (Å²) in [5.41, 5.74) is 2.54. The lowest BCUT2D eigenvalue weighted by molar-refractivity contribution is -0.0603. The van der Waals surface area contributed by atoms with E-state index in [1.807, 2.05) is 13.0 Å². The van der Waals surface area contributed by atoms with Crippen molar-refractivity contribution in [3.63, 3.8) is 0 Å². The second-order valence-electron chi connectivity index (χ2n) is 6.24. The molecule has 0 saturated carbocycles. The van der Waals surface area contributed by atoms with Crippen LogP contribution in [0, 0.1) is 6.92 Å². The van der Waals surface area contributed by atoms with Gasteiger partial charge in [-0.2, -0.15) is 0 Å². The molecule has 20 heavy (non-hydrogen) atoms. The van der Waals surface area contributed by atoms with Gasteiger partial charge in [0, 0.05) is 35.1 Å². The van der Waals surface area contributed by atoms with E-state index in [2.05, 4.69) is 60.3 Å². The summed E-state index contributed by atoms with van der Waals surface area (Å²) in [4.78, 5) is 2.32. The van der Waals surface area contributed by atoms with Gasteiger partial charge < -0.3 is 10.0 Å². The summed E-state index contributed by atoms with van der Waals surface area (Å²) in [5.74, 6) is 0. The number of hydrogen-bond donors (Lipinski definition) is 1. The number of likely N-dealkylation sites (tertiary alicyclic amines) is 1. The molecule has 0 bridgehead atoms. The Hall–Kier alpha value is -0.800. The van der Waals surface area contributed by atoms with Gasteiger partial charge in [-0.25, -0.2) is 0 Å². The zero-order valence-corrected chi connectivity index (χ0v) is 14.4. The molecular weight excluding hydrogens is 314 g/mol. The summed E-state index contributed by atoms with van der Waals surface area (Å²) < 4.78 is 1.06. The Bertz CT molecular complexity index is 514. The van der Waals surface area contributed by atoms with Crippen molar-refractivity contribution >= 4 is 15.9 Å². The van der Waals surface area contributed by atoms with Crippen LogP contribution in [0.15, 0.2) is 34.9 Å². The second kappa shape index (κ2) is 5.53. The number of allylic oxidation sites excluding steroid dienone is 1. The van der Waals surface area contributed by atoms with Gasteiger partial charge in [-0.05, 0) is 51.0 Å². The molecule has 110 valence electrons. The molecule has 3 heteroatoms. The first-order valence-electron chi connectivity index (χ1n) is 7.17. The molecule has 1 aliphatic rings. The Morgan fingerprint density at radius 1 is 1.35 bits per heavy atom. The van der Waals surface area contributed by atoms with Gasteiger partial charge in [-0.1, -0.05) is 28.6 Å². The largest absolute Gasteiger partial charge is 0.385 e. The average molecular weight is 338 g/mol. The minimum atomic E-state index is -0.741. The molecule has 1 aliphatic heterocycles. The third-order valence-corrected chi connectivity index (χ3v) is 4.84. The van der Waals surface area contributed by atoms with Gasteiger partial charge in [0.15, 0.2) is 0 Å². The minimum absolute atomic E-state index is 0.296. The van der Waals surface area contributed by atoms with Gasteiger partial charge in [0.25, 0.3) is 0 Å². The summed E-state index contributed by atoms with van der Waals surface area (Å²) in [6.07, 6.45) is 1.49. The number of benzene rings is 1. The van der Waals surface area contributed by atoms with Gasteiger partial charge in [0.1, 0.15) is 0 Å². The van der Waals surface area contributed by atoms with Crippen LogP contribution < -0.4 is 0 Å². The molecule has 1 heterocycles. The summed E-state index contributed by atoms with van der Waals surface area (Å²) in [6.45, 7) is 12.5. The zero-order valence-electron chi connectivity index (χ0n) is 12.8. The first-order chi connectivity index (χ1) is 9.24. The second-order valence-corrected chi connectivity index (χ2v) is 7.16. The number of rotatable bonds is 2. The molecule has 0 amide bonds. The Labute approximate surface area is 130 Å². The Morgan fingerprint density at radius 3 is 2.35 bits per heavy atom. The van der Waals surface area contributed by atoms with E-state index < -0.39 is 5.60 Å². The van der Waals surface area contributed by atoms with E-state index >= 15 is 0 Å². The van der Waals surface area contributed by atoms with Crippen LogP contribution >= 0.6 is 15.9 Å². The van der Waals surface area contributed by atoms with E-state index in [1.54, 1.807) is 0 Å². The van der Waals surface area contributed by atoms with Crippen LogP contribution in [0.25, 0.3) is 0 Å². The van der Waals surface area contributed by atoms with Crippen LogP contribution in [-0.4, -0.2) is 22.1 Å². The molecule has 0 aliphatic carbocycles. The van der Waals surface area contributed by atoms with Crippen LogP contribution in [0.1, 0.15) is 44.7 Å². The number of nitrogens with zero attached hydrogens (tertiary/aromatic N) is 1. The predicted octanol–water partition coefficient (Wildman–Crippen LogP) is 4.35. The molecule has 2 atom stereocenters. The smallest absolute Gasteiger partial charge is 0.0938 e. The third kappa shape index (κ3) is 2.79. The summed E-state index contributed by atoms with van der Waals surface area (Å²) in [5, 5.41) is 11.2. The Balaban J connectivity index is 2.35. The van der Waals surface area contributed by atoms with Crippen molar-refractivity contribution in [2.75, 3.05) is 0 Å². The molecule has 0 aromatic heterocycles. The van der Waals surface area contributed by atoms with E-state index in [4.69, 9.17) is 0 Å². The maximum atomic E-state index is 11.2. The van der Waals surface area contributed by atoms with Crippen molar-refractivity contribution in [3.05, 3.63) is 46.1 Å². The van der Waals surface area contributed by atoms with Crippen molar-refractivity contribution in [3.8, 4) is 0 Å². The molecule has 1 aromatic carbocycles. The van der Waals surface area contributed by atoms with E-state index in [0.29, 0.717) is 12.1 Å². The molecule has 0 spiro atoms. The van der Waals surface area contributed by atoms with E-state index in [9.17, 15) is 5.11 Å². The minimum Gasteiger partial charge on any atom is -0.385 e. The fourth-order valence-corrected chi connectivity index (χ4v) is 4.29. The Kier molecular flexibility index (Phi) is 4.31. The molecule has 1 saturated heterocycles. The maximum absolute atomic E-state index is 11.2.